The standard InChI is InChI=1S/C33H45N3O3S/c1-24-20-30(7-6-27(24)12-18-40)36-15-9-28(22-36)33(37)34-29(23-35-13-3-4-14-35)21-26-5-8-32(25(2)19-26)39-31-10-16-38-17-11-31/h5-8,12,18-20,28-29,31,40H,3-4,9-11,13-17,21-23H2,1-2H3,(H,34,37)/b18-12-/t28-,29+/m1/s1. The first-order valence-corrected chi connectivity index (χ1v) is 15.5. The van der Waals surface area contributed by atoms with E-state index in [4.69, 9.17) is 9.47 Å². The Balaban J connectivity index is 1.21. The van der Waals surface area contributed by atoms with E-state index >= 15 is 0 Å². The minimum atomic E-state index is 0.00961. The van der Waals surface area contributed by atoms with Crippen LogP contribution in [-0.2, 0) is 16.0 Å². The van der Waals surface area contributed by atoms with Gasteiger partial charge < -0.3 is 24.6 Å². The minimum Gasteiger partial charge on any atom is -0.490 e. The first-order valence-electron chi connectivity index (χ1n) is 15.0. The van der Waals surface area contributed by atoms with Crippen molar-refractivity contribution in [2.45, 2.75) is 64.5 Å². The van der Waals surface area contributed by atoms with Crippen LogP contribution in [0.15, 0.2) is 41.8 Å². The van der Waals surface area contributed by atoms with Crippen molar-refractivity contribution < 1.29 is 14.3 Å². The predicted molar refractivity (Wildman–Crippen MR) is 166 cm³/mol. The summed E-state index contributed by atoms with van der Waals surface area (Å²) in [6, 6.07) is 13.1. The topological polar surface area (TPSA) is 54.0 Å². The van der Waals surface area contributed by atoms with E-state index in [1.54, 1.807) is 5.41 Å². The lowest BCUT2D eigenvalue weighted by molar-refractivity contribution is -0.125. The molecule has 2 aromatic rings. The first kappa shape index (κ1) is 29.0. The number of likely N-dealkylation sites (tertiary alicyclic amines) is 1. The molecule has 6 nitrogen and oxygen atoms in total. The molecule has 0 aromatic heterocycles. The van der Waals surface area contributed by atoms with Crippen LogP contribution in [0.5, 0.6) is 5.75 Å². The van der Waals surface area contributed by atoms with E-state index in [-0.39, 0.29) is 24.0 Å². The number of hydrogen-bond donors (Lipinski definition) is 2. The van der Waals surface area contributed by atoms with Crippen molar-refractivity contribution >= 4 is 30.3 Å². The fourth-order valence-electron chi connectivity index (χ4n) is 6.32. The fraction of sp³-hybridized carbons (Fsp3) is 0.545. The number of nitrogens with one attached hydrogen (secondary N) is 1. The second kappa shape index (κ2) is 13.9. The Morgan fingerprint density at radius 2 is 1.88 bits per heavy atom. The molecule has 0 bridgehead atoms. The zero-order chi connectivity index (χ0) is 27.9. The van der Waals surface area contributed by atoms with Gasteiger partial charge in [0.1, 0.15) is 11.9 Å². The molecule has 3 saturated heterocycles. The van der Waals surface area contributed by atoms with Gasteiger partial charge in [0.25, 0.3) is 0 Å². The lowest BCUT2D eigenvalue weighted by Gasteiger charge is -2.27. The monoisotopic (exact) mass is 563 g/mol. The third kappa shape index (κ3) is 7.62. The zero-order valence-corrected chi connectivity index (χ0v) is 25.0. The predicted octanol–water partition coefficient (Wildman–Crippen LogP) is 5.41. The third-order valence-electron chi connectivity index (χ3n) is 8.64. The number of rotatable bonds is 10. The molecular formula is C33H45N3O3S. The second-order valence-electron chi connectivity index (χ2n) is 11.7. The molecule has 3 aliphatic rings. The van der Waals surface area contributed by atoms with E-state index in [1.165, 1.54) is 35.2 Å². The molecule has 0 unspecified atom stereocenters. The van der Waals surface area contributed by atoms with E-state index in [9.17, 15) is 4.79 Å². The molecule has 0 radical (unpaired) electrons. The maximum atomic E-state index is 13.5. The normalized spacial score (nSPS) is 21.3. The molecule has 5 rings (SSSR count). The van der Waals surface area contributed by atoms with Gasteiger partial charge in [0.2, 0.25) is 5.91 Å². The largest absolute Gasteiger partial charge is 0.490 e. The van der Waals surface area contributed by atoms with Gasteiger partial charge in [-0.15, -0.1) is 0 Å². The summed E-state index contributed by atoms with van der Waals surface area (Å²) in [5, 5.41) is 5.24. The van der Waals surface area contributed by atoms with Gasteiger partial charge in [-0.2, -0.15) is 12.6 Å². The maximum Gasteiger partial charge on any atom is 0.225 e. The number of benzene rings is 2. The van der Waals surface area contributed by atoms with Crippen LogP contribution in [0.2, 0.25) is 0 Å². The molecular weight excluding hydrogens is 518 g/mol. The summed E-state index contributed by atoms with van der Waals surface area (Å²) in [6.07, 6.45) is 8.35. The van der Waals surface area contributed by atoms with Gasteiger partial charge in [0.15, 0.2) is 0 Å². The van der Waals surface area contributed by atoms with Crippen molar-refractivity contribution in [2.75, 3.05) is 50.8 Å². The van der Waals surface area contributed by atoms with Crippen LogP contribution in [0.3, 0.4) is 0 Å². The number of hydrogen-bond acceptors (Lipinski definition) is 6. The lowest BCUT2D eigenvalue weighted by Crippen LogP contribution is -2.46. The summed E-state index contributed by atoms with van der Waals surface area (Å²) < 4.78 is 11.8. The van der Waals surface area contributed by atoms with E-state index in [0.29, 0.717) is 0 Å². The van der Waals surface area contributed by atoms with E-state index in [0.717, 1.165) is 82.9 Å². The highest BCUT2D eigenvalue weighted by molar-refractivity contribution is 7.83. The van der Waals surface area contributed by atoms with E-state index < -0.39 is 0 Å². The maximum absolute atomic E-state index is 13.5. The molecule has 2 atom stereocenters. The summed E-state index contributed by atoms with van der Waals surface area (Å²) in [7, 11) is 0. The Morgan fingerprint density at radius 3 is 2.60 bits per heavy atom. The Kier molecular flexibility index (Phi) is 10.1. The number of aryl methyl sites for hydroxylation is 2. The average Bonchev–Trinajstić information content (AvgIpc) is 3.65. The number of carbonyl (C=O) groups excluding carboxylic acids is 1. The van der Waals surface area contributed by atoms with Crippen LogP contribution in [0.1, 0.15) is 54.4 Å². The summed E-state index contributed by atoms with van der Waals surface area (Å²) in [5.41, 5.74) is 6.00. The van der Waals surface area contributed by atoms with E-state index in [1.807, 2.05) is 6.08 Å². The minimum absolute atomic E-state index is 0.00961. The number of ether oxygens (including phenoxy) is 2. The first-order chi connectivity index (χ1) is 19.5. The van der Waals surface area contributed by atoms with Crippen molar-refractivity contribution in [3.63, 3.8) is 0 Å². The molecule has 40 heavy (non-hydrogen) atoms. The van der Waals surface area contributed by atoms with Crippen LogP contribution in [0.4, 0.5) is 5.69 Å². The summed E-state index contributed by atoms with van der Waals surface area (Å²) >= 11 is 4.21. The quantitative estimate of drug-likeness (QED) is 0.379. The van der Waals surface area contributed by atoms with Crippen molar-refractivity contribution in [1.29, 1.82) is 0 Å². The zero-order valence-electron chi connectivity index (χ0n) is 24.1. The van der Waals surface area contributed by atoms with Gasteiger partial charge in [-0.3, -0.25) is 4.79 Å². The number of amides is 1. The number of nitrogens with zero attached hydrogens (tertiary/aromatic N) is 2. The number of anilines is 1. The molecule has 1 N–H and O–H groups in total. The van der Waals surface area contributed by atoms with Crippen LogP contribution >= 0.6 is 12.6 Å². The number of thiol groups is 1. The molecule has 0 saturated carbocycles. The Labute approximate surface area is 245 Å². The summed E-state index contributed by atoms with van der Waals surface area (Å²) in [4.78, 5) is 18.4. The van der Waals surface area contributed by atoms with Gasteiger partial charge >= 0.3 is 0 Å². The van der Waals surface area contributed by atoms with Crippen LogP contribution < -0.4 is 15.0 Å². The fourth-order valence-corrected chi connectivity index (χ4v) is 6.48. The van der Waals surface area contributed by atoms with Gasteiger partial charge in [-0.1, -0.05) is 18.2 Å². The van der Waals surface area contributed by atoms with Gasteiger partial charge in [0, 0.05) is 44.2 Å². The molecule has 3 aliphatic heterocycles. The molecule has 2 aromatic carbocycles. The van der Waals surface area contributed by atoms with E-state index in [2.05, 4.69) is 78.0 Å². The second-order valence-corrected chi connectivity index (χ2v) is 12.0. The average molecular weight is 564 g/mol. The number of carbonyl (C=O) groups is 1. The van der Waals surface area contributed by atoms with Crippen LogP contribution in [-0.4, -0.2) is 68.9 Å². The lowest BCUT2D eigenvalue weighted by atomic mass is 10.0. The molecule has 7 heteroatoms. The van der Waals surface area contributed by atoms with Gasteiger partial charge in [-0.05, 0) is 105 Å². The Hall–Kier alpha value is -2.48. The molecule has 1 amide bonds. The van der Waals surface area contributed by atoms with Crippen molar-refractivity contribution in [3.05, 3.63) is 64.1 Å². The SMILES string of the molecule is Cc1cc(N2CC[C@@H](C(=O)N[C@@H](Cc3ccc(OC4CCOCC4)c(C)c3)CN3CCCC3)C2)ccc1/C=C\S. The highest BCUT2D eigenvalue weighted by atomic mass is 32.1. The summed E-state index contributed by atoms with van der Waals surface area (Å²) in [5.74, 6) is 1.16. The van der Waals surface area contributed by atoms with Crippen molar-refractivity contribution in [2.24, 2.45) is 5.92 Å². The highest BCUT2D eigenvalue weighted by Gasteiger charge is 2.30. The highest BCUT2D eigenvalue weighted by Crippen LogP contribution is 2.28. The third-order valence-corrected chi connectivity index (χ3v) is 8.79. The van der Waals surface area contributed by atoms with Crippen molar-refractivity contribution in [1.82, 2.24) is 10.2 Å². The molecule has 3 heterocycles. The molecule has 216 valence electrons. The van der Waals surface area contributed by atoms with Gasteiger partial charge in [-0.25, -0.2) is 0 Å². The Morgan fingerprint density at radius 1 is 1.07 bits per heavy atom. The van der Waals surface area contributed by atoms with Crippen LogP contribution in [0.25, 0.3) is 6.08 Å². The van der Waals surface area contributed by atoms with Crippen LogP contribution in [0, 0.1) is 19.8 Å². The van der Waals surface area contributed by atoms with Gasteiger partial charge in [0.05, 0.1) is 19.1 Å². The molecule has 0 aliphatic carbocycles. The van der Waals surface area contributed by atoms with Crippen molar-refractivity contribution in [3.8, 4) is 5.75 Å². The smallest absolute Gasteiger partial charge is 0.225 e. The molecule has 0 spiro atoms. The molecule has 3 fully saturated rings. The summed E-state index contributed by atoms with van der Waals surface area (Å²) in [6.45, 7) is 10.6. The Bertz CT molecular complexity index is 1170.